The smallest absolute Gasteiger partial charge is 0.109 e. The molecule has 1 aliphatic rings. The van der Waals surface area contributed by atoms with Gasteiger partial charge < -0.3 is 11.7 Å². The van der Waals surface area contributed by atoms with Crippen LogP contribution in [0, 0.1) is 18.8 Å². The van der Waals surface area contributed by atoms with Crippen molar-refractivity contribution in [1.82, 2.24) is 0 Å². The van der Waals surface area contributed by atoms with E-state index >= 15 is 0 Å². The second kappa shape index (κ2) is 4.67. The number of hydrogen-bond donors (Lipinski definition) is 0. The zero-order chi connectivity index (χ0) is 7.72. The molecule has 1 fully saturated rings. The van der Waals surface area contributed by atoms with Crippen molar-refractivity contribution < 1.29 is 25.8 Å². The van der Waals surface area contributed by atoms with E-state index < -0.39 is 0 Å². The molecule has 0 bridgehead atoms. The van der Waals surface area contributed by atoms with E-state index in [9.17, 15) is 0 Å². The van der Waals surface area contributed by atoms with Crippen LogP contribution in [0.1, 0.15) is 20.3 Å². The first-order chi connectivity index (χ1) is 4.61. The third-order valence-corrected chi connectivity index (χ3v) is 2.40. The van der Waals surface area contributed by atoms with Crippen LogP contribution in [0.4, 0.5) is 0 Å². The van der Waals surface area contributed by atoms with Crippen molar-refractivity contribution in [1.29, 1.82) is 0 Å². The fourth-order valence-electron chi connectivity index (χ4n) is 1.35. The molecular weight excluding hydrogens is 307 g/mol. The van der Waals surface area contributed by atoms with Gasteiger partial charge in [0, 0.05) is 27.1 Å². The fraction of sp³-hybridized carbons (Fsp3) is 0.875. The van der Waals surface area contributed by atoms with E-state index in [2.05, 4.69) is 20.8 Å². The van der Waals surface area contributed by atoms with Crippen LogP contribution in [0.15, 0.2) is 0 Å². The van der Waals surface area contributed by atoms with Gasteiger partial charge in [0.2, 0.25) is 0 Å². The molecule has 0 aliphatic carbocycles. The molecule has 0 amide bonds. The maximum absolute atomic E-state index is 5.70. The van der Waals surface area contributed by atoms with Crippen molar-refractivity contribution >= 4 is 7.85 Å². The summed E-state index contributed by atoms with van der Waals surface area (Å²) in [6.07, 6.45) is 1.13. The van der Waals surface area contributed by atoms with Crippen molar-refractivity contribution in [2.45, 2.75) is 32.4 Å². The topological polar surface area (TPSA) is 9.23 Å². The van der Waals surface area contributed by atoms with E-state index in [1.165, 1.54) is 0 Å². The predicted octanol–water partition coefficient (Wildman–Crippen LogP) is 1.37. The average Bonchev–Trinajstić information content (AvgIpc) is 1.82. The largest absolute Gasteiger partial charge is 0.416 e. The Bertz CT molecular complexity index is 109. The maximum atomic E-state index is 5.70. The first-order valence-electron chi connectivity index (χ1n) is 3.85. The molecule has 1 aliphatic heterocycles. The summed E-state index contributed by atoms with van der Waals surface area (Å²) < 4.78 is 5.34. The summed E-state index contributed by atoms with van der Waals surface area (Å²) in [6, 6.07) is -0.105. The average molecular weight is 321 g/mol. The van der Waals surface area contributed by atoms with Gasteiger partial charge in [0.15, 0.2) is 0 Å². The van der Waals surface area contributed by atoms with E-state index in [1.54, 1.807) is 0 Å². The van der Waals surface area contributed by atoms with E-state index in [1.807, 2.05) is 0 Å². The zero-order valence-electron chi connectivity index (χ0n) is 7.12. The van der Waals surface area contributed by atoms with Gasteiger partial charge in [-0.3, -0.25) is 0 Å². The molecule has 1 nitrogen and oxygen atoms in total. The van der Waals surface area contributed by atoms with Crippen LogP contribution in [0.2, 0.25) is 0 Å². The normalized spacial score (nSPS) is 44.6. The van der Waals surface area contributed by atoms with E-state index in [4.69, 9.17) is 12.6 Å². The Morgan fingerprint density at radius 2 is 2.00 bits per heavy atom. The third kappa shape index (κ3) is 2.91. The van der Waals surface area contributed by atoms with Gasteiger partial charge in [0.05, 0.1) is 0 Å². The van der Waals surface area contributed by atoms with Crippen LogP contribution < -0.4 is 0 Å². The number of hydrogen-bond acceptors (Lipinski definition) is 1. The Balaban J connectivity index is 0.000001000. The van der Waals surface area contributed by atoms with E-state index in [0.717, 1.165) is 6.42 Å². The molecule has 2 radical (unpaired) electrons. The predicted molar refractivity (Wildman–Crippen MR) is 42.7 cm³/mol. The Morgan fingerprint density at radius 1 is 1.45 bits per heavy atom. The number of rotatable bonds is 0. The summed E-state index contributed by atoms with van der Waals surface area (Å²) in [4.78, 5) is 0. The van der Waals surface area contributed by atoms with Crippen molar-refractivity contribution in [2.75, 3.05) is 0 Å². The van der Waals surface area contributed by atoms with Crippen LogP contribution in [0.5, 0.6) is 0 Å². The first-order valence-corrected chi connectivity index (χ1v) is 3.85. The summed E-state index contributed by atoms with van der Waals surface area (Å²) in [6.45, 7) is 8.16. The third-order valence-electron chi connectivity index (χ3n) is 2.40. The first kappa shape index (κ1) is 11.7. The molecule has 0 aromatic heterocycles. The molecule has 0 saturated carbocycles. The van der Waals surface area contributed by atoms with Gasteiger partial charge >= 0.3 is 0 Å². The molecule has 0 aromatic carbocycles. The summed E-state index contributed by atoms with van der Waals surface area (Å²) >= 11 is 0. The van der Waals surface area contributed by atoms with Crippen molar-refractivity contribution in [3.63, 3.8) is 0 Å². The summed E-state index contributed by atoms with van der Waals surface area (Å²) in [5.41, 5.74) is 0. The number of ether oxygens (including phenoxy) is 1. The van der Waals surface area contributed by atoms with Crippen molar-refractivity contribution in [3.8, 4) is 0 Å². The summed E-state index contributed by atoms with van der Waals surface area (Å²) in [7, 11) is 5.70. The molecule has 4 atom stereocenters. The molecule has 1 saturated heterocycles. The molecule has 0 aromatic rings. The van der Waals surface area contributed by atoms with Crippen molar-refractivity contribution in [2.24, 2.45) is 11.8 Å². The molecule has 0 spiro atoms. The molecule has 1 heterocycles. The summed E-state index contributed by atoms with van der Waals surface area (Å²) in [5, 5.41) is 0. The van der Waals surface area contributed by atoms with Crippen LogP contribution in [-0.4, -0.2) is 20.0 Å². The molecule has 11 heavy (non-hydrogen) atoms. The van der Waals surface area contributed by atoms with Crippen molar-refractivity contribution in [3.05, 3.63) is 6.92 Å². The Kier molecular flexibility index (Phi) is 4.97. The maximum Gasteiger partial charge on any atom is 0.109 e. The minimum Gasteiger partial charge on any atom is -0.416 e. The van der Waals surface area contributed by atoms with Crippen LogP contribution in [-0.2, 0) is 25.8 Å². The van der Waals surface area contributed by atoms with E-state index in [-0.39, 0.29) is 33.2 Å². The quantitative estimate of drug-likeness (QED) is 0.484. The molecule has 1 rings (SSSR count). The Labute approximate surface area is 84.9 Å². The SMILES string of the molecule is [B]C1OC([CH2-])C[C@H](C)C1C.[W]. The van der Waals surface area contributed by atoms with Crippen LogP contribution in [0.25, 0.3) is 0 Å². The fourth-order valence-corrected chi connectivity index (χ4v) is 1.35. The molecule has 3 unspecified atom stereocenters. The van der Waals surface area contributed by atoms with Gasteiger partial charge in [-0.2, -0.15) is 0 Å². The minimum atomic E-state index is -0.105. The van der Waals surface area contributed by atoms with Gasteiger partial charge in [-0.25, -0.2) is 0 Å². The minimum absolute atomic E-state index is 0. The Hall–Kier alpha value is 0.713. The summed E-state index contributed by atoms with van der Waals surface area (Å²) in [5.74, 6) is 1.12. The second-order valence-corrected chi connectivity index (χ2v) is 3.29. The molecular formula is C8H14BOW-. The zero-order valence-corrected chi connectivity index (χ0v) is 10.1. The monoisotopic (exact) mass is 321 g/mol. The van der Waals surface area contributed by atoms with Gasteiger partial charge in [0.25, 0.3) is 0 Å². The van der Waals surface area contributed by atoms with E-state index in [0.29, 0.717) is 11.8 Å². The van der Waals surface area contributed by atoms with Gasteiger partial charge in [-0.15, -0.1) is 0 Å². The molecule has 0 N–H and O–H groups in total. The Morgan fingerprint density at radius 3 is 2.45 bits per heavy atom. The van der Waals surface area contributed by atoms with Crippen LogP contribution >= 0.6 is 0 Å². The van der Waals surface area contributed by atoms with Crippen LogP contribution in [0.3, 0.4) is 0 Å². The molecule has 3 heteroatoms. The second-order valence-electron chi connectivity index (χ2n) is 3.29. The standard InChI is InChI=1S/C8H14BO.W/c1-5-4-6(2)10-8(9)7(5)3;/h5-8H,2,4H2,1,3H3;/q-1;/t5-,6?,7?,8?;/m0./s1. The van der Waals surface area contributed by atoms with Gasteiger partial charge in [-0.05, 0) is 11.8 Å². The van der Waals surface area contributed by atoms with Gasteiger partial charge in [-0.1, -0.05) is 26.4 Å². The molecule has 62 valence electrons. The van der Waals surface area contributed by atoms with Gasteiger partial charge in [0.1, 0.15) is 7.85 Å².